The quantitative estimate of drug-likeness (QED) is 0.748. The highest BCUT2D eigenvalue weighted by molar-refractivity contribution is 8.00. The predicted molar refractivity (Wildman–Crippen MR) is 82.1 cm³/mol. The highest BCUT2D eigenvalue weighted by atomic mass is 32.2. The average molecular weight is 308 g/mol. The normalized spacial score (nSPS) is 44.0. The van der Waals surface area contributed by atoms with Gasteiger partial charge in [-0.15, -0.1) is 11.8 Å². The monoisotopic (exact) mass is 308 g/mol. The predicted octanol–water partition coefficient (Wildman–Crippen LogP) is 3.21. The lowest BCUT2D eigenvalue weighted by atomic mass is 9.48. The van der Waals surface area contributed by atoms with Crippen molar-refractivity contribution in [2.24, 2.45) is 23.2 Å². The first-order valence-corrected chi connectivity index (χ1v) is 9.51. The van der Waals surface area contributed by atoms with Gasteiger partial charge in [-0.1, -0.05) is 0 Å². The molecule has 4 bridgehead atoms. The standard InChI is InChI=1S/C17H24O3S/c18-15(10-20-16(19)14-2-1-3-21-14)17-7-11-4-12(8-17)6-13(5-11)9-17/h11-14H,1-10H2. The molecule has 0 aromatic rings. The third kappa shape index (κ3) is 2.54. The second-order valence-electron chi connectivity index (χ2n) is 7.73. The maximum Gasteiger partial charge on any atom is 0.319 e. The van der Waals surface area contributed by atoms with Gasteiger partial charge in [-0.25, -0.2) is 0 Å². The van der Waals surface area contributed by atoms with E-state index in [1.165, 1.54) is 19.3 Å². The van der Waals surface area contributed by atoms with Gasteiger partial charge >= 0.3 is 5.97 Å². The summed E-state index contributed by atoms with van der Waals surface area (Å²) in [5, 5.41) is -0.0193. The van der Waals surface area contributed by atoms with Crippen molar-refractivity contribution in [3.05, 3.63) is 0 Å². The molecule has 0 aromatic carbocycles. The largest absolute Gasteiger partial charge is 0.457 e. The summed E-state index contributed by atoms with van der Waals surface area (Å²) in [6, 6.07) is 0. The molecule has 1 heterocycles. The Morgan fingerprint density at radius 1 is 1.05 bits per heavy atom. The molecule has 0 spiro atoms. The fourth-order valence-corrected chi connectivity index (χ4v) is 6.75. The smallest absolute Gasteiger partial charge is 0.319 e. The maximum atomic E-state index is 12.7. The average Bonchev–Trinajstić information content (AvgIpc) is 2.97. The van der Waals surface area contributed by atoms with E-state index in [1.807, 2.05) is 0 Å². The fraction of sp³-hybridized carbons (Fsp3) is 0.882. The minimum Gasteiger partial charge on any atom is -0.457 e. The highest BCUT2D eigenvalue weighted by Crippen LogP contribution is 2.60. The lowest BCUT2D eigenvalue weighted by molar-refractivity contribution is -0.157. The minimum atomic E-state index is -0.157. The fourth-order valence-electron chi connectivity index (χ4n) is 5.60. The molecule has 5 aliphatic rings. The number of thioether (sulfide) groups is 1. The number of rotatable bonds is 4. The van der Waals surface area contributed by atoms with Gasteiger partial charge in [0.2, 0.25) is 0 Å². The molecule has 5 rings (SSSR count). The van der Waals surface area contributed by atoms with Gasteiger partial charge in [0.15, 0.2) is 12.4 Å². The Hall–Kier alpha value is -0.510. The number of hydrogen-bond donors (Lipinski definition) is 0. The molecule has 1 saturated heterocycles. The lowest BCUT2D eigenvalue weighted by Gasteiger charge is -2.55. The summed E-state index contributed by atoms with van der Waals surface area (Å²) in [7, 11) is 0. The first-order chi connectivity index (χ1) is 10.1. The van der Waals surface area contributed by atoms with Crippen molar-refractivity contribution in [3.63, 3.8) is 0 Å². The zero-order valence-corrected chi connectivity index (χ0v) is 13.3. The molecule has 1 unspecified atom stereocenters. The third-order valence-electron chi connectivity index (χ3n) is 6.17. The van der Waals surface area contributed by atoms with Crippen LogP contribution in [0.4, 0.5) is 0 Å². The molecule has 4 aliphatic carbocycles. The Morgan fingerprint density at radius 3 is 2.19 bits per heavy atom. The Labute approximate surface area is 130 Å². The van der Waals surface area contributed by atoms with Crippen molar-refractivity contribution in [3.8, 4) is 0 Å². The topological polar surface area (TPSA) is 43.4 Å². The first kappa shape index (κ1) is 14.1. The van der Waals surface area contributed by atoms with Crippen molar-refractivity contribution >= 4 is 23.5 Å². The van der Waals surface area contributed by atoms with Crippen LogP contribution in [0.3, 0.4) is 0 Å². The summed E-state index contributed by atoms with van der Waals surface area (Å²) in [5.41, 5.74) is -0.127. The SMILES string of the molecule is O=C(OCC(=O)C12CC3CC(CC(C3)C1)C2)C1CCCS1. The van der Waals surface area contributed by atoms with Crippen molar-refractivity contribution in [2.45, 2.75) is 56.6 Å². The van der Waals surface area contributed by atoms with Crippen LogP contribution in [0.2, 0.25) is 0 Å². The van der Waals surface area contributed by atoms with Gasteiger partial charge < -0.3 is 4.74 Å². The zero-order valence-electron chi connectivity index (χ0n) is 12.5. The van der Waals surface area contributed by atoms with E-state index in [9.17, 15) is 9.59 Å². The molecular formula is C17H24O3S. The van der Waals surface area contributed by atoms with Crippen LogP contribution in [0.25, 0.3) is 0 Å². The molecule has 4 heteroatoms. The molecule has 0 amide bonds. The molecule has 4 saturated carbocycles. The molecule has 116 valence electrons. The number of hydrogen-bond acceptors (Lipinski definition) is 4. The number of carbonyl (C=O) groups excluding carboxylic acids is 2. The molecule has 1 atom stereocenters. The summed E-state index contributed by atoms with van der Waals surface area (Å²) >= 11 is 1.68. The van der Waals surface area contributed by atoms with E-state index in [1.54, 1.807) is 11.8 Å². The van der Waals surface area contributed by atoms with Gasteiger partial charge in [0.25, 0.3) is 0 Å². The van der Waals surface area contributed by atoms with Crippen LogP contribution < -0.4 is 0 Å². The molecule has 0 aromatic heterocycles. The van der Waals surface area contributed by atoms with E-state index in [0.717, 1.165) is 55.6 Å². The molecule has 21 heavy (non-hydrogen) atoms. The lowest BCUT2D eigenvalue weighted by Crippen LogP contribution is -2.51. The van der Waals surface area contributed by atoms with Gasteiger partial charge in [0, 0.05) is 5.41 Å². The molecule has 0 radical (unpaired) electrons. The molecule has 0 N–H and O–H groups in total. The molecular weight excluding hydrogens is 284 g/mol. The van der Waals surface area contributed by atoms with Gasteiger partial charge in [-0.05, 0) is 74.9 Å². The number of ketones is 1. The summed E-state index contributed by atoms with van der Waals surface area (Å²) in [6.45, 7) is 0.0298. The van der Waals surface area contributed by atoms with E-state index in [-0.39, 0.29) is 29.0 Å². The summed E-state index contributed by atoms with van der Waals surface area (Å²) in [4.78, 5) is 24.7. The highest BCUT2D eigenvalue weighted by Gasteiger charge is 2.54. The van der Waals surface area contributed by atoms with E-state index < -0.39 is 0 Å². The van der Waals surface area contributed by atoms with Crippen molar-refractivity contribution in [2.75, 3.05) is 12.4 Å². The van der Waals surface area contributed by atoms with Crippen LogP contribution >= 0.6 is 11.8 Å². The Balaban J connectivity index is 1.37. The first-order valence-electron chi connectivity index (χ1n) is 8.46. The van der Waals surface area contributed by atoms with E-state index in [0.29, 0.717) is 0 Å². The second-order valence-corrected chi connectivity index (χ2v) is 9.04. The van der Waals surface area contributed by atoms with Gasteiger partial charge in [-0.3, -0.25) is 9.59 Å². The van der Waals surface area contributed by atoms with E-state index >= 15 is 0 Å². The number of Topliss-reactive ketones (excluding diaryl/α,β-unsaturated/α-hetero) is 1. The van der Waals surface area contributed by atoms with Crippen LogP contribution in [0.1, 0.15) is 51.4 Å². The Kier molecular flexibility index (Phi) is 3.55. The number of ether oxygens (including phenoxy) is 1. The van der Waals surface area contributed by atoms with Crippen LogP contribution in [0.15, 0.2) is 0 Å². The summed E-state index contributed by atoms with van der Waals surface area (Å²) < 4.78 is 5.37. The molecule has 1 aliphatic heterocycles. The third-order valence-corrected chi connectivity index (χ3v) is 7.52. The number of carbonyl (C=O) groups is 2. The van der Waals surface area contributed by atoms with Gasteiger partial charge in [0.05, 0.1) is 0 Å². The van der Waals surface area contributed by atoms with E-state index in [4.69, 9.17) is 4.74 Å². The summed E-state index contributed by atoms with van der Waals surface area (Å²) in [5.74, 6) is 3.40. The van der Waals surface area contributed by atoms with Crippen LogP contribution in [-0.2, 0) is 14.3 Å². The minimum absolute atomic E-state index is 0.0193. The zero-order chi connectivity index (χ0) is 14.4. The second kappa shape index (κ2) is 5.29. The van der Waals surface area contributed by atoms with E-state index in [2.05, 4.69) is 0 Å². The molecule has 5 fully saturated rings. The summed E-state index contributed by atoms with van der Waals surface area (Å²) in [6.07, 6.45) is 9.21. The Bertz CT molecular complexity index is 418. The van der Waals surface area contributed by atoms with Crippen molar-refractivity contribution in [1.29, 1.82) is 0 Å². The van der Waals surface area contributed by atoms with Gasteiger partial charge in [-0.2, -0.15) is 0 Å². The Morgan fingerprint density at radius 2 is 1.67 bits per heavy atom. The van der Waals surface area contributed by atoms with Crippen LogP contribution in [0.5, 0.6) is 0 Å². The van der Waals surface area contributed by atoms with Crippen LogP contribution in [-0.4, -0.2) is 29.4 Å². The van der Waals surface area contributed by atoms with Crippen LogP contribution in [0, 0.1) is 23.2 Å². The number of esters is 1. The van der Waals surface area contributed by atoms with Crippen molar-refractivity contribution < 1.29 is 14.3 Å². The molecule has 3 nitrogen and oxygen atoms in total. The maximum absolute atomic E-state index is 12.7. The van der Waals surface area contributed by atoms with Gasteiger partial charge in [0.1, 0.15) is 5.25 Å². The van der Waals surface area contributed by atoms with Crippen molar-refractivity contribution in [1.82, 2.24) is 0 Å².